The highest BCUT2D eigenvalue weighted by Crippen LogP contribution is 2.19. The molecule has 0 aliphatic rings. The number of esters is 1. The van der Waals surface area contributed by atoms with Gasteiger partial charge in [0.05, 0.1) is 6.61 Å². The topological polar surface area (TPSA) is 30.2 Å². The van der Waals surface area contributed by atoms with Gasteiger partial charge < -0.3 is 4.74 Å². The maximum atomic E-state index is 12.5. The molecule has 0 N–H and O–H groups in total. The van der Waals surface area contributed by atoms with Crippen LogP contribution in [0.3, 0.4) is 0 Å². The van der Waals surface area contributed by atoms with Crippen LogP contribution < -0.4 is 4.57 Å². The third kappa shape index (κ3) is 2.82. The second kappa shape index (κ2) is 6.21. The number of carbonyl (C=O) groups is 1. The largest absolute Gasteiger partial charge is 0.458 e. The van der Waals surface area contributed by atoms with Crippen LogP contribution in [0.15, 0.2) is 54.6 Å². The number of benzene rings is 2. The van der Waals surface area contributed by atoms with Gasteiger partial charge in [-0.1, -0.05) is 35.9 Å². The molecule has 116 valence electrons. The zero-order chi connectivity index (χ0) is 16.4. The van der Waals surface area contributed by atoms with E-state index in [1.54, 1.807) is 0 Å². The quantitative estimate of drug-likeness (QED) is 0.542. The third-order valence-corrected chi connectivity index (χ3v) is 4.00. The number of hydrogen-bond donors (Lipinski definition) is 0. The van der Waals surface area contributed by atoms with Crippen LogP contribution in [0.25, 0.3) is 16.5 Å². The molecule has 0 amide bonds. The van der Waals surface area contributed by atoms with Gasteiger partial charge in [0.1, 0.15) is 0 Å². The molecular formula is C20H20NO2+. The van der Waals surface area contributed by atoms with Gasteiger partial charge in [0.25, 0.3) is 5.69 Å². The number of pyridine rings is 1. The lowest BCUT2D eigenvalue weighted by molar-refractivity contribution is -0.604. The monoisotopic (exact) mass is 306 g/mol. The Hall–Kier alpha value is -2.68. The molecule has 0 saturated carbocycles. The first-order chi connectivity index (χ1) is 11.1. The number of aromatic nitrogens is 1. The summed E-state index contributed by atoms with van der Waals surface area (Å²) in [5.74, 6) is -0.304. The summed E-state index contributed by atoms with van der Waals surface area (Å²) in [7, 11) is 0. The van der Waals surface area contributed by atoms with Gasteiger partial charge in [-0.05, 0) is 25.3 Å². The molecule has 0 spiro atoms. The van der Waals surface area contributed by atoms with Gasteiger partial charge >= 0.3 is 5.97 Å². The summed E-state index contributed by atoms with van der Waals surface area (Å²) in [6.07, 6.45) is 0. The molecule has 3 aromatic rings. The predicted octanol–water partition coefficient (Wildman–Crippen LogP) is 3.91. The Balaban J connectivity index is 2.32. The van der Waals surface area contributed by atoms with Gasteiger partial charge in [-0.25, -0.2) is 4.79 Å². The van der Waals surface area contributed by atoms with E-state index in [4.69, 9.17) is 4.74 Å². The molecule has 3 rings (SSSR count). The molecule has 0 fully saturated rings. The fraction of sp³-hybridized carbons (Fsp3) is 0.200. The number of carbonyl (C=O) groups excluding carboxylic acids is 1. The Morgan fingerprint density at radius 2 is 1.74 bits per heavy atom. The molecule has 0 aliphatic carbocycles. The summed E-state index contributed by atoms with van der Waals surface area (Å²) in [6.45, 7) is 6.26. The third-order valence-electron chi connectivity index (χ3n) is 4.00. The SMILES string of the molecule is CCOC(=O)c1cc2ccccc2c(C)[n+]1-c1ccc(C)cc1. The van der Waals surface area contributed by atoms with Crippen LogP contribution >= 0.6 is 0 Å². The molecule has 1 heterocycles. The van der Waals surface area contributed by atoms with E-state index in [2.05, 4.69) is 6.07 Å². The molecule has 0 aliphatic heterocycles. The number of ether oxygens (including phenoxy) is 1. The summed E-state index contributed by atoms with van der Waals surface area (Å²) in [5.41, 5.74) is 3.72. The number of fused-ring (bicyclic) bond motifs is 1. The van der Waals surface area contributed by atoms with Crippen molar-refractivity contribution in [3.63, 3.8) is 0 Å². The normalized spacial score (nSPS) is 10.7. The molecule has 1 aromatic heterocycles. The lowest BCUT2D eigenvalue weighted by atomic mass is 10.1. The van der Waals surface area contributed by atoms with Crippen molar-refractivity contribution in [3.05, 3.63) is 71.5 Å². The average molecular weight is 306 g/mol. The van der Waals surface area contributed by atoms with E-state index in [1.807, 2.05) is 73.9 Å². The fourth-order valence-corrected chi connectivity index (χ4v) is 2.85. The van der Waals surface area contributed by atoms with Crippen molar-refractivity contribution in [3.8, 4) is 5.69 Å². The Morgan fingerprint density at radius 3 is 2.43 bits per heavy atom. The number of hydrogen-bond acceptors (Lipinski definition) is 2. The highest BCUT2D eigenvalue weighted by molar-refractivity contribution is 5.92. The van der Waals surface area contributed by atoms with Crippen LogP contribution in [0.4, 0.5) is 0 Å². The highest BCUT2D eigenvalue weighted by Gasteiger charge is 2.26. The molecule has 0 unspecified atom stereocenters. The van der Waals surface area contributed by atoms with Crippen molar-refractivity contribution >= 4 is 16.7 Å². The summed E-state index contributed by atoms with van der Waals surface area (Å²) in [5, 5.41) is 2.16. The summed E-state index contributed by atoms with van der Waals surface area (Å²) >= 11 is 0. The van der Waals surface area contributed by atoms with Gasteiger partial charge in [-0.3, -0.25) is 0 Å². The minimum absolute atomic E-state index is 0.304. The van der Waals surface area contributed by atoms with E-state index in [-0.39, 0.29) is 5.97 Å². The van der Waals surface area contributed by atoms with E-state index in [0.29, 0.717) is 12.3 Å². The molecule has 0 radical (unpaired) electrons. The van der Waals surface area contributed by atoms with E-state index in [1.165, 1.54) is 5.56 Å². The first-order valence-electron chi connectivity index (χ1n) is 7.80. The first-order valence-corrected chi connectivity index (χ1v) is 7.80. The Bertz CT molecular complexity index is 867. The molecule has 0 bridgehead atoms. The van der Waals surface area contributed by atoms with Crippen molar-refractivity contribution in [2.45, 2.75) is 20.8 Å². The summed E-state index contributed by atoms with van der Waals surface area (Å²) in [6, 6.07) is 18.1. The molecule has 23 heavy (non-hydrogen) atoms. The van der Waals surface area contributed by atoms with E-state index in [9.17, 15) is 4.79 Å². The summed E-state index contributed by atoms with van der Waals surface area (Å²) < 4.78 is 7.23. The number of rotatable bonds is 3. The van der Waals surface area contributed by atoms with Crippen molar-refractivity contribution in [2.75, 3.05) is 6.61 Å². The standard InChI is InChI=1S/C20H20NO2/c1-4-23-20(22)19-13-16-7-5-6-8-18(16)15(3)21(19)17-11-9-14(2)10-12-17/h5-13H,4H2,1-3H3/q+1. The zero-order valence-corrected chi connectivity index (χ0v) is 13.7. The average Bonchev–Trinajstić information content (AvgIpc) is 2.56. The molecule has 0 saturated heterocycles. The lowest BCUT2D eigenvalue weighted by Gasteiger charge is -2.09. The van der Waals surface area contributed by atoms with Crippen molar-refractivity contribution in [1.29, 1.82) is 0 Å². The molecule has 3 nitrogen and oxygen atoms in total. The zero-order valence-electron chi connectivity index (χ0n) is 13.7. The maximum absolute atomic E-state index is 12.5. The first kappa shape index (κ1) is 15.2. The second-order valence-electron chi connectivity index (χ2n) is 5.59. The van der Waals surface area contributed by atoms with E-state index >= 15 is 0 Å². The Morgan fingerprint density at radius 1 is 1.04 bits per heavy atom. The number of aryl methyl sites for hydroxylation is 2. The van der Waals surface area contributed by atoms with Gasteiger partial charge in [0, 0.05) is 30.5 Å². The molecular weight excluding hydrogens is 286 g/mol. The fourth-order valence-electron chi connectivity index (χ4n) is 2.85. The lowest BCUT2D eigenvalue weighted by Crippen LogP contribution is -2.41. The second-order valence-corrected chi connectivity index (χ2v) is 5.59. The van der Waals surface area contributed by atoms with Gasteiger partial charge in [0.2, 0.25) is 5.69 Å². The van der Waals surface area contributed by atoms with Crippen LogP contribution in [0.2, 0.25) is 0 Å². The van der Waals surface area contributed by atoms with Crippen molar-refractivity contribution in [1.82, 2.24) is 0 Å². The van der Waals surface area contributed by atoms with Crippen molar-refractivity contribution < 1.29 is 14.1 Å². The molecule has 2 aromatic carbocycles. The van der Waals surface area contributed by atoms with Crippen molar-refractivity contribution in [2.24, 2.45) is 0 Å². The highest BCUT2D eigenvalue weighted by atomic mass is 16.5. The minimum Gasteiger partial charge on any atom is -0.458 e. The van der Waals surface area contributed by atoms with Gasteiger partial charge in [-0.2, -0.15) is 4.57 Å². The van der Waals surface area contributed by atoms with Crippen LogP contribution in [0.5, 0.6) is 0 Å². The molecule has 3 heteroatoms. The maximum Gasteiger partial charge on any atom is 0.404 e. The minimum atomic E-state index is -0.304. The molecule has 0 atom stereocenters. The van der Waals surface area contributed by atoms with Crippen LogP contribution in [-0.4, -0.2) is 12.6 Å². The van der Waals surface area contributed by atoms with E-state index < -0.39 is 0 Å². The number of nitrogens with zero attached hydrogens (tertiary/aromatic N) is 1. The van der Waals surface area contributed by atoms with Crippen LogP contribution in [-0.2, 0) is 4.74 Å². The van der Waals surface area contributed by atoms with Crippen LogP contribution in [0.1, 0.15) is 28.7 Å². The van der Waals surface area contributed by atoms with E-state index in [0.717, 1.165) is 22.2 Å². The predicted molar refractivity (Wildman–Crippen MR) is 90.9 cm³/mol. The Kier molecular flexibility index (Phi) is 4.11. The van der Waals surface area contributed by atoms with Gasteiger partial charge in [0.15, 0.2) is 5.69 Å². The van der Waals surface area contributed by atoms with Gasteiger partial charge in [-0.15, -0.1) is 0 Å². The van der Waals surface area contributed by atoms with Crippen LogP contribution in [0, 0.1) is 13.8 Å². The smallest absolute Gasteiger partial charge is 0.404 e. The Labute approximate surface area is 136 Å². The summed E-state index contributed by atoms with van der Waals surface area (Å²) in [4.78, 5) is 12.5.